The summed E-state index contributed by atoms with van der Waals surface area (Å²) in [6, 6.07) is 11.2. The van der Waals surface area contributed by atoms with Crippen molar-refractivity contribution in [3.8, 4) is 11.5 Å². The van der Waals surface area contributed by atoms with Crippen molar-refractivity contribution in [3.63, 3.8) is 0 Å². The van der Waals surface area contributed by atoms with Crippen LogP contribution in [0, 0.1) is 25.5 Å². The van der Waals surface area contributed by atoms with E-state index in [-0.39, 0.29) is 78.5 Å². The van der Waals surface area contributed by atoms with E-state index >= 15 is 0 Å². The number of nitrogens with zero attached hydrogens (tertiary/aromatic N) is 4. The van der Waals surface area contributed by atoms with Crippen molar-refractivity contribution in [2.45, 2.75) is 54.9 Å². The van der Waals surface area contributed by atoms with E-state index < -0.39 is 29.0 Å². The van der Waals surface area contributed by atoms with E-state index in [1.54, 1.807) is 6.20 Å². The van der Waals surface area contributed by atoms with Gasteiger partial charge in [0, 0.05) is 47.7 Å². The number of aromatic nitrogens is 2. The molecule has 11 nitrogen and oxygen atoms in total. The molecule has 18 heteroatoms. The third-order valence-corrected chi connectivity index (χ3v) is 9.20. The van der Waals surface area contributed by atoms with Crippen LogP contribution < -0.4 is 69.5 Å². The Morgan fingerprint density at radius 1 is 0.860 bits per heavy atom. The van der Waals surface area contributed by atoms with Crippen LogP contribution in [0.1, 0.15) is 50.7 Å². The number of alkyl halides is 1. The number of fused-ring (bicyclic) bond motifs is 2. The average Bonchev–Trinajstić information content (AvgIpc) is 3.73. The monoisotopic (exact) mass is 965 g/mol. The quantitative estimate of drug-likeness (QED) is 0.0773. The van der Waals surface area contributed by atoms with Crippen molar-refractivity contribution >= 4 is 80.2 Å². The van der Waals surface area contributed by atoms with Gasteiger partial charge >= 0.3 is 29.6 Å². The summed E-state index contributed by atoms with van der Waals surface area (Å²) in [5.74, 6) is -3.10. The van der Waals surface area contributed by atoms with Gasteiger partial charge in [-0.05, 0) is 81.0 Å². The van der Waals surface area contributed by atoms with Gasteiger partial charge in [0.25, 0.3) is 0 Å². The zero-order valence-electron chi connectivity index (χ0n) is 32.1. The molecule has 0 saturated carbocycles. The van der Waals surface area contributed by atoms with Gasteiger partial charge in [-0.15, -0.1) is 23.4 Å². The second-order valence-electron chi connectivity index (χ2n) is 11.8. The molecule has 0 fully saturated rings. The summed E-state index contributed by atoms with van der Waals surface area (Å²) < 4.78 is 25.5. The first-order valence-corrected chi connectivity index (χ1v) is 18.9. The first-order valence-electron chi connectivity index (χ1n) is 17.0. The Hall–Kier alpha value is -2.97. The minimum atomic E-state index is -0.733. The number of anilines is 3. The van der Waals surface area contributed by atoms with Crippen molar-refractivity contribution in [2.75, 3.05) is 47.2 Å². The van der Waals surface area contributed by atoms with Gasteiger partial charge in [0.2, 0.25) is 11.8 Å². The summed E-state index contributed by atoms with van der Waals surface area (Å²) >= 11 is 11.6. The number of amides is 2. The number of halogens is 4. The molecule has 0 unspecified atom stereocenters. The van der Waals surface area contributed by atoms with Gasteiger partial charge in [0.15, 0.2) is 23.1 Å². The Kier molecular flexibility index (Phi) is 26.2. The number of thioether (sulfide) groups is 1. The summed E-state index contributed by atoms with van der Waals surface area (Å²) in [6.45, 7) is 14.0. The average molecular weight is 966 g/mol. The van der Waals surface area contributed by atoms with Crippen LogP contribution in [0.2, 0.25) is 0 Å². The van der Waals surface area contributed by atoms with E-state index in [2.05, 4.69) is 62.6 Å². The Balaban J connectivity index is 0.000000791. The fourth-order valence-corrected chi connectivity index (χ4v) is 6.03. The molecular weight excluding hydrogens is 918 g/mol. The molecule has 4 heterocycles. The molecule has 2 aromatic heterocycles. The number of carbonyl (C=O) groups excluding carboxylic acids is 2. The second-order valence-corrected chi connectivity index (χ2v) is 13.6. The van der Waals surface area contributed by atoms with Crippen molar-refractivity contribution in [1.82, 2.24) is 14.9 Å². The molecule has 2 aliphatic rings. The van der Waals surface area contributed by atoms with Crippen LogP contribution in [0.15, 0.2) is 65.9 Å². The molecule has 0 bridgehead atoms. The fraction of sp³-hybridized carbons (Fsp3) is 0.333. The van der Waals surface area contributed by atoms with Crippen molar-refractivity contribution < 1.29 is 82.1 Å². The minimum Gasteiger partial charge on any atom is -1.00 e. The number of pyridine rings is 2. The maximum Gasteiger partial charge on any atom is 1.00 e. The third kappa shape index (κ3) is 18.7. The number of phenols is 2. The smallest absolute Gasteiger partial charge is 1.00 e. The molecule has 0 spiro atoms. The molecule has 2 aromatic carbocycles. The van der Waals surface area contributed by atoms with E-state index in [4.69, 9.17) is 28.9 Å². The summed E-state index contributed by atoms with van der Waals surface area (Å²) in [6.07, 6.45) is 5.14. The normalized spacial score (nSPS) is 11.4. The summed E-state index contributed by atoms with van der Waals surface area (Å²) in [7, 11) is 0. The number of phenolic OH excluding ortho intramolecular Hbond substituents is 2. The molecule has 2 aliphatic heterocycles. The maximum absolute atomic E-state index is 13.0. The van der Waals surface area contributed by atoms with Crippen molar-refractivity contribution in [3.05, 3.63) is 95.1 Å². The van der Waals surface area contributed by atoms with Gasteiger partial charge < -0.3 is 55.0 Å². The number of carbonyl (C=O) groups is 2. The van der Waals surface area contributed by atoms with Crippen LogP contribution in [-0.2, 0) is 22.4 Å². The SMILES string of the molecule is C.CCN(CC)CC.Cc1cc2c(cn1)N=C(SCC(=O)Nc1ccc(F)c(O)c1)C2.Cc1cc2c(cn1)NC(=S)C2.O=C(CCl)Nc1ccc(F)c(O)c1.[I-].[Na+]. The van der Waals surface area contributed by atoms with Crippen molar-refractivity contribution in [1.29, 1.82) is 0 Å². The van der Waals surface area contributed by atoms with Crippen molar-refractivity contribution in [2.24, 2.45) is 4.99 Å². The first kappa shape index (κ1) is 54.0. The number of thiocarbonyl (C=S) groups is 1. The number of benzene rings is 2. The van der Waals surface area contributed by atoms with E-state index in [0.29, 0.717) is 17.8 Å². The van der Waals surface area contributed by atoms with Gasteiger partial charge in [-0.1, -0.05) is 40.4 Å². The maximum atomic E-state index is 13.0. The van der Waals surface area contributed by atoms with Gasteiger partial charge in [-0.2, -0.15) is 0 Å². The fourth-order valence-electron chi connectivity index (χ4n) is 4.91. The Morgan fingerprint density at radius 2 is 1.37 bits per heavy atom. The standard InChI is InChI=1S/C16H14FN3O2S.C8H7ClFNO2.C8H8N2S.C6H15N.CH4.HI.Na/c1-9-4-10-5-16(20-13(10)7-18-9)23-8-15(22)19-11-2-3-12(17)14(21)6-11;9-4-8(13)11-5-1-2-6(10)7(12)3-5;1-5-2-6-3-8(11)10-7(6)4-9-5;1-4-7(5-2)6-3;;;/h2-4,6-7,21H,5,8H2,1H3,(H,19,22);1-3,12H,4H2,(H,11,13);2,4H,3H2,1H3,(H,10,11);4-6H2,1-3H3;1H4;1H;/q;;;;;;+1/p-1. The predicted molar refractivity (Wildman–Crippen MR) is 225 cm³/mol. The van der Waals surface area contributed by atoms with Gasteiger partial charge in [-0.3, -0.25) is 19.6 Å². The molecule has 0 atom stereocenters. The van der Waals surface area contributed by atoms with Gasteiger partial charge in [0.05, 0.1) is 39.6 Å². The molecule has 6 rings (SSSR count). The Labute approximate surface area is 387 Å². The number of rotatable bonds is 8. The number of aliphatic imine (C=N–C) groups is 1. The molecule has 2 amide bonds. The summed E-state index contributed by atoms with van der Waals surface area (Å²) in [4.78, 5) is 38.8. The predicted octanol–water partition coefficient (Wildman–Crippen LogP) is 2.58. The van der Waals surface area contributed by atoms with Crippen LogP contribution in [0.4, 0.5) is 31.5 Å². The molecule has 0 saturated heterocycles. The van der Waals surface area contributed by atoms with E-state index in [1.807, 2.05) is 26.1 Å². The zero-order chi connectivity index (χ0) is 39.8. The van der Waals surface area contributed by atoms with Gasteiger partial charge in [-0.25, -0.2) is 13.8 Å². The number of hydrogen-bond acceptors (Lipinski definition) is 10. The molecule has 4 aromatic rings. The number of nitrogens with one attached hydrogen (secondary N) is 3. The molecule has 304 valence electrons. The van der Waals surface area contributed by atoms with Crippen LogP contribution in [-0.4, -0.2) is 78.2 Å². The molecule has 5 N–H and O–H groups in total. The molecule has 57 heavy (non-hydrogen) atoms. The number of aryl methyl sites for hydroxylation is 2. The Bertz CT molecular complexity index is 1970. The summed E-state index contributed by atoms with van der Waals surface area (Å²) in [5.41, 5.74) is 6.96. The molecule has 0 radical (unpaired) electrons. The van der Waals surface area contributed by atoms with Crippen LogP contribution >= 0.6 is 35.6 Å². The zero-order valence-corrected chi connectivity index (χ0v) is 38.6. The molecular formula is C39H48ClF2IN7NaO4S2. The third-order valence-electron chi connectivity index (χ3n) is 7.73. The van der Waals surface area contributed by atoms with Crippen LogP contribution in [0.5, 0.6) is 11.5 Å². The number of hydrogen-bond donors (Lipinski definition) is 5. The Morgan fingerprint density at radius 3 is 1.86 bits per heavy atom. The van der Waals surface area contributed by atoms with E-state index in [1.165, 1.54) is 55.2 Å². The van der Waals surface area contributed by atoms with E-state index in [0.717, 1.165) is 63.0 Å². The number of aromatic hydroxyl groups is 2. The van der Waals surface area contributed by atoms with Crippen LogP contribution in [0.3, 0.4) is 0 Å². The molecule has 0 aliphatic carbocycles. The minimum absolute atomic E-state index is 0. The largest absolute Gasteiger partial charge is 1.00 e. The first-order chi connectivity index (χ1) is 25.7. The van der Waals surface area contributed by atoms with Crippen LogP contribution in [0.25, 0.3) is 0 Å². The summed E-state index contributed by atoms with van der Waals surface area (Å²) in [5, 5.41) is 27.1. The van der Waals surface area contributed by atoms with E-state index in [9.17, 15) is 23.5 Å². The van der Waals surface area contributed by atoms with Gasteiger partial charge in [0.1, 0.15) is 5.88 Å². The second kappa shape index (κ2) is 27.7. The topological polar surface area (TPSA) is 152 Å².